The number of halogens is 3. The third-order valence-corrected chi connectivity index (χ3v) is 7.85. The van der Waals surface area contributed by atoms with Crippen molar-refractivity contribution in [3.05, 3.63) is 35.4 Å². The molecule has 178 valence electrons. The first-order valence-corrected chi connectivity index (χ1v) is 12.3. The summed E-state index contributed by atoms with van der Waals surface area (Å²) in [5.74, 6) is -0.392. The van der Waals surface area contributed by atoms with Crippen LogP contribution in [0.2, 0.25) is 0 Å². The number of hydrogen-bond donors (Lipinski definition) is 1. The topological polar surface area (TPSA) is 65.0 Å². The van der Waals surface area contributed by atoms with E-state index < -0.39 is 26.2 Å². The van der Waals surface area contributed by atoms with E-state index in [1.165, 1.54) is 18.4 Å². The number of sulfone groups is 1. The molecular formula is C21H35F2IN4O2S. The summed E-state index contributed by atoms with van der Waals surface area (Å²) >= 11 is 0. The first kappa shape index (κ1) is 28.0. The third-order valence-electron chi connectivity index (χ3n) is 5.71. The molecule has 1 atom stereocenters. The molecule has 0 amide bonds. The van der Waals surface area contributed by atoms with Crippen LogP contribution >= 0.6 is 24.0 Å². The molecule has 31 heavy (non-hydrogen) atoms. The van der Waals surface area contributed by atoms with Gasteiger partial charge >= 0.3 is 0 Å². The predicted molar refractivity (Wildman–Crippen MR) is 133 cm³/mol. The molecule has 1 N–H and O–H groups in total. The molecule has 0 aromatic heterocycles. The Hall–Kier alpha value is -1.01. The van der Waals surface area contributed by atoms with Crippen LogP contribution < -0.4 is 5.32 Å². The maximum Gasteiger partial charge on any atom is 0.194 e. The first-order chi connectivity index (χ1) is 14.0. The number of hydrogen-bond acceptors (Lipinski definition) is 4. The van der Waals surface area contributed by atoms with Crippen molar-refractivity contribution in [3.63, 3.8) is 0 Å². The van der Waals surface area contributed by atoms with Crippen LogP contribution in [0.1, 0.15) is 45.7 Å². The second kappa shape index (κ2) is 11.7. The molecule has 1 aliphatic heterocycles. The second-order valence-electron chi connectivity index (χ2n) is 8.31. The Balaban J connectivity index is 0.00000480. The van der Waals surface area contributed by atoms with Gasteiger partial charge in [0.25, 0.3) is 0 Å². The van der Waals surface area contributed by atoms with Crippen LogP contribution in [0.25, 0.3) is 0 Å². The lowest BCUT2D eigenvalue weighted by atomic mass is 10.0. The molecule has 0 bridgehead atoms. The summed E-state index contributed by atoms with van der Waals surface area (Å²) in [5, 5.41) is 3.24. The number of piperazine rings is 1. The van der Waals surface area contributed by atoms with Crippen molar-refractivity contribution in [2.45, 2.75) is 44.9 Å². The van der Waals surface area contributed by atoms with Crippen LogP contribution in [-0.4, -0.2) is 74.4 Å². The fourth-order valence-electron chi connectivity index (χ4n) is 3.50. The van der Waals surface area contributed by atoms with Crippen molar-refractivity contribution in [1.82, 2.24) is 15.1 Å². The van der Waals surface area contributed by atoms with Crippen LogP contribution in [0.5, 0.6) is 0 Å². The summed E-state index contributed by atoms with van der Waals surface area (Å²) in [7, 11) is -3.23. The van der Waals surface area contributed by atoms with Gasteiger partial charge in [-0.1, -0.05) is 13.0 Å². The molecular weight excluding hydrogens is 537 g/mol. The quantitative estimate of drug-likeness (QED) is 0.308. The summed E-state index contributed by atoms with van der Waals surface area (Å²) in [5.41, 5.74) is 0.517. The fourth-order valence-corrected chi connectivity index (χ4v) is 3.80. The lowest BCUT2D eigenvalue weighted by Gasteiger charge is -2.40. The van der Waals surface area contributed by atoms with Crippen molar-refractivity contribution >= 4 is 39.8 Å². The lowest BCUT2D eigenvalue weighted by molar-refractivity contribution is 0.124. The van der Waals surface area contributed by atoms with Gasteiger partial charge in [-0.2, -0.15) is 0 Å². The highest BCUT2D eigenvalue weighted by atomic mass is 127. The molecule has 0 saturated carbocycles. The van der Waals surface area contributed by atoms with Gasteiger partial charge in [0.1, 0.15) is 11.6 Å². The Labute approximate surface area is 202 Å². The van der Waals surface area contributed by atoms with E-state index in [9.17, 15) is 17.2 Å². The Morgan fingerprint density at radius 2 is 1.81 bits per heavy atom. The maximum absolute atomic E-state index is 14.3. The second-order valence-corrected chi connectivity index (χ2v) is 11.0. The molecule has 1 aliphatic rings. The maximum atomic E-state index is 14.3. The Morgan fingerprint density at radius 3 is 2.29 bits per heavy atom. The molecule has 0 aliphatic carbocycles. The molecule has 10 heteroatoms. The van der Waals surface area contributed by atoms with E-state index in [4.69, 9.17) is 0 Å². The molecule has 1 heterocycles. The van der Waals surface area contributed by atoms with E-state index in [-0.39, 0.29) is 36.6 Å². The number of rotatable bonds is 7. The smallest absolute Gasteiger partial charge is 0.194 e. The Kier molecular flexibility index (Phi) is 10.6. The highest BCUT2D eigenvalue weighted by Crippen LogP contribution is 2.28. The molecule has 1 aromatic rings. The van der Waals surface area contributed by atoms with Gasteiger partial charge in [-0.25, -0.2) is 17.2 Å². The van der Waals surface area contributed by atoms with Gasteiger partial charge < -0.3 is 10.2 Å². The van der Waals surface area contributed by atoms with Gasteiger partial charge in [0.2, 0.25) is 0 Å². The van der Waals surface area contributed by atoms with E-state index in [1.54, 1.807) is 13.8 Å². The number of nitrogens with zero attached hydrogens (tertiary/aromatic N) is 3. The van der Waals surface area contributed by atoms with Crippen LogP contribution in [0, 0.1) is 11.6 Å². The highest BCUT2D eigenvalue weighted by molar-refractivity contribution is 14.0. The number of guanidine groups is 1. The minimum atomic E-state index is -3.23. The average Bonchev–Trinajstić information content (AvgIpc) is 2.67. The minimum Gasteiger partial charge on any atom is -0.357 e. The third kappa shape index (κ3) is 7.24. The van der Waals surface area contributed by atoms with Gasteiger partial charge in [-0.15, -0.1) is 24.0 Å². The van der Waals surface area contributed by atoms with Gasteiger partial charge in [0, 0.05) is 56.7 Å². The summed E-state index contributed by atoms with van der Waals surface area (Å²) in [6, 6.07) is 3.66. The summed E-state index contributed by atoms with van der Waals surface area (Å²) in [6.45, 7) is 11.0. The largest absolute Gasteiger partial charge is 0.357 e. The van der Waals surface area contributed by atoms with Gasteiger partial charge in [0.05, 0.1) is 11.3 Å². The lowest BCUT2D eigenvalue weighted by Crippen LogP contribution is -2.53. The average molecular weight is 573 g/mol. The number of benzene rings is 1. The molecule has 0 spiro atoms. The zero-order valence-corrected chi connectivity index (χ0v) is 22.1. The van der Waals surface area contributed by atoms with E-state index in [1.807, 2.05) is 13.8 Å². The van der Waals surface area contributed by atoms with Crippen molar-refractivity contribution in [2.24, 2.45) is 4.99 Å². The first-order valence-electron chi connectivity index (χ1n) is 10.4. The summed E-state index contributed by atoms with van der Waals surface area (Å²) < 4.78 is 50.6. The van der Waals surface area contributed by atoms with E-state index in [0.717, 1.165) is 12.5 Å². The predicted octanol–water partition coefficient (Wildman–Crippen LogP) is 3.44. The summed E-state index contributed by atoms with van der Waals surface area (Å²) in [6.07, 6.45) is 1.95. The molecule has 1 aromatic carbocycles. The van der Waals surface area contributed by atoms with E-state index in [2.05, 4.69) is 20.1 Å². The van der Waals surface area contributed by atoms with Crippen LogP contribution in [0.4, 0.5) is 8.78 Å². The minimum absolute atomic E-state index is 0. The van der Waals surface area contributed by atoms with Crippen LogP contribution in [0.3, 0.4) is 0 Å². The zero-order chi connectivity index (χ0) is 22.5. The molecule has 6 nitrogen and oxygen atoms in total. The van der Waals surface area contributed by atoms with Gasteiger partial charge in [0.15, 0.2) is 15.8 Å². The number of aliphatic imine (C=N–C) groups is 1. The SMILES string of the molecule is CCNC(=NCC(C)(C)S(C)(=O)=O)N1CCN(C(CC)c2ccc(F)cc2F)CC1.I. The van der Waals surface area contributed by atoms with Gasteiger partial charge in [-0.05, 0) is 33.3 Å². The standard InChI is InChI=1S/C21H34F2N4O2S.HI/c1-6-19(17-9-8-16(22)14-18(17)23)26-10-12-27(13-11-26)20(24-7-2)25-15-21(3,4)30(5,28)29;/h8-9,14,19H,6-7,10-13,15H2,1-5H3,(H,24,25);1H. The van der Waals surface area contributed by atoms with Crippen molar-refractivity contribution < 1.29 is 17.2 Å². The summed E-state index contributed by atoms with van der Waals surface area (Å²) in [4.78, 5) is 8.89. The molecule has 1 unspecified atom stereocenters. The van der Waals surface area contributed by atoms with Crippen LogP contribution in [0.15, 0.2) is 23.2 Å². The molecule has 1 fully saturated rings. The van der Waals surface area contributed by atoms with E-state index >= 15 is 0 Å². The fraction of sp³-hybridized carbons (Fsp3) is 0.667. The monoisotopic (exact) mass is 572 g/mol. The van der Waals surface area contributed by atoms with Crippen molar-refractivity contribution in [3.8, 4) is 0 Å². The van der Waals surface area contributed by atoms with Gasteiger partial charge in [-0.3, -0.25) is 9.89 Å². The molecule has 2 rings (SSSR count). The normalized spacial score (nSPS) is 17.3. The van der Waals surface area contributed by atoms with Crippen molar-refractivity contribution in [1.29, 1.82) is 0 Å². The zero-order valence-electron chi connectivity index (χ0n) is 19.0. The Morgan fingerprint density at radius 1 is 1.19 bits per heavy atom. The highest BCUT2D eigenvalue weighted by Gasteiger charge is 2.31. The van der Waals surface area contributed by atoms with E-state index in [0.29, 0.717) is 44.2 Å². The number of nitrogens with one attached hydrogen (secondary N) is 1. The Bertz CT molecular complexity index is 857. The van der Waals surface area contributed by atoms with Crippen LogP contribution in [-0.2, 0) is 9.84 Å². The molecule has 1 saturated heterocycles. The molecule has 0 radical (unpaired) electrons. The van der Waals surface area contributed by atoms with Crippen molar-refractivity contribution in [2.75, 3.05) is 45.5 Å².